The van der Waals surface area contributed by atoms with E-state index < -0.39 is 10.0 Å². The Labute approximate surface area is 246 Å². The predicted molar refractivity (Wildman–Crippen MR) is 159 cm³/mol. The molecule has 1 amide bonds. The number of piperidine rings is 1. The molecule has 2 fully saturated rings. The number of nitrogens with one attached hydrogen (secondary N) is 1. The molecule has 5 rings (SSSR count). The van der Waals surface area contributed by atoms with Crippen LogP contribution < -0.4 is 9.46 Å². The third-order valence-corrected chi connectivity index (χ3v) is 9.74. The van der Waals surface area contributed by atoms with Crippen LogP contribution in [0.5, 0.6) is 11.5 Å². The van der Waals surface area contributed by atoms with Crippen molar-refractivity contribution in [2.75, 3.05) is 37.4 Å². The molecule has 0 spiro atoms. The minimum Gasteiger partial charge on any atom is -0.455 e. The molecule has 2 aliphatic heterocycles. The summed E-state index contributed by atoms with van der Waals surface area (Å²) < 4.78 is 34.8. The largest absolute Gasteiger partial charge is 0.455 e. The van der Waals surface area contributed by atoms with Crippen molar-refractivity contribution in [2.24, 2.45) is 5.92 Å². The lowest BCUT2D eigenvalue weighted by molar-refractivity contribution is 0.0682. The number of carbonyl (C=O) groups excluding carboxylic acids is 1. The van der Waals surface area contributed by atoms with Gasteiger partial charge in [-0.3, -0.25) is 9.52 Å². The van der Waals surface area contributed by atoms with Gasteiger partial charge >= 0.3 is 0 Å². The molecule has 2 aliphatic rings. The number of rotatable bonds is 9. The highest BCUT2D eigenvalue weighted by molar-refractivity contribution is 7.92. The van der Waals surface area contributed by atoms with Gasteiger partial charge in [0.2, 0.25) is 0 Å². The third kappa shape index (κ3) is 7.10. The van der Waals surface area contributed by atoms with Gasteiger partial charge in [0.15, 0.2) is 5.75 Å². The number of para-hydroxylation sites is 2. The lowest BCUT2D eigenvalue weighted by atomic mass is 9.93. The summed E-state index contributed by atoms with van der Waals surface area (Å²) in [5.74, 6) is 1.32. The smallest absolute Gasteiger partial charge is 0.262 e. The number of ether oxygens (including phenoxy) is 1. The number of halogens is 2. The highest BCUT2D eigenvalue weighted by Gasteiger charge is 2.25. The van der Waals surface area contributed by atoms with Gasteiger partial charge in [-0.05, 0) is 106 Å². The highest BCUT2D eigenvalue weighted by Crippen LogP contribution is 2.34. The summed E-state index contributed by atoms with van der Waals surface area (Å²) in [7, 11) is -3.94. The number of likely N-dealkylation sites (tertiary alicyclic amines) is 2. The van der Waals surface area contributed by atoms with Gasteiger partial charge in [0.05, 0.1) is 20.6 Å². The maximum atomic E-state index is 13.2. The number of anilines is 1. The van der Waals surface area contributed by atoms with Gasteiger partial charge in [0.1, 0.15) is 5.75 Å². The highest BCUT2D eigenvalue weighted by atomic mass is 35.5. The van der Waals surface area contributed by atoms with Crippen molar-refractivity contribution < 1.29 is 17.9 Å². The van der Waals surface area contributed by atoms with Gasteiger partial charge < -0.3 is 14.5 Å². The first kappa shape index (κ1) is 28.7. The molecule has 40 heavy (non-hydrogen) atoms. The van der Waals surface area contributed by atoms with Gasteiger partial charge in [-0.25, -0.2) is 8.42 Å². The topological polar surface area (TPSA) is 78.9 Å². The Kier molecular flexibility index (Phi) is 9.20. The van der Waals surface area contributed by atoms with Crippen molar-refractivity contribution in [3.05, 3.63) is 82.3 Å². The van der Waals surface area contributed by atoms with Crippen molar-refractivity contribution in [3.8, 4) is 11.5 Å². The Balaban J connectivity index is 1.19. The fourth-order valence-corrected chi connectivity index (χ4v) is 6.62. The van der Waals surface area contributed by atoms with Crippen LogP contribution in [0.2, 0.25) is 10.0 Å². The second-order valence-electron chi connectivity index (χ2n) is 10.4. The summed E-state index contributed by atoms with van der Waals surface area (Å²) in [5, 5.41) is 0.719. The fraction of sp³-hybridized carbons (Fsp3) is 0.367. The molecule has 1 N–H and O–H groups in total. The fourth-order valence-electron chi connectivity index (χ4n) is 5.27. The normalized spacial score (nSPS) is 16.7. The van der Waals surface area contributed by atoms with E-state index in [0.29, 0.717) is 33.0 Å². The van der Waals surface area contributed by atoms with E-state index in [1.807, 2.05) is 4.90 Å². The standard InChI is InChI=1S/C30H33Cl2N3O4S/c31-26-12-9-24(21-27(26)32)39-29-6-2-1-5-28(29)33-40(37,38)25-10-7-23(8-11-25)30(36)35-19-14-22(15-20-35)13-18-34-16-3-4-17-34/h1-2,5-12,21-22,33H,3-4,13-20H2. The molecule has 2 saturated heterocycles. The van der Waals surface area contributed by atoms with E-state index in [2.05, 4.69) is 9.62 Å². The van der Waals surface area contributed by atoms with Crippen LogP contribution >= 0.6 is 23.2 Å². The van der Waals surface area contributed by atoms with Crippen molar-refractivity contribution >= 4 is 44.8 Å². The van der Waals surface area contributed by atoms with Crippen molar-refractivity contribution in [1.82, 2.24) is 9.80 Å². The second-order valence-corrected chi connectivity index (χ2v) is 12.9. The zero-order valence-electron chi connectivity index (χ0n) is 22.2. The number of hydrogen-bond donors (Lipinski definition) is 1. The van der Waals surface area contributed by atoms with E-state index in [9.17, 15) is 13.2 Å². The minimum absolute atomic E-state index is 0.0500. The SMILES string of the molecule is O=C(c1ccc(S(=O)(=O)Nc2ccccc2Oc2ccc(Cl)c(Cl)c2)cc1)N1CCC(CCN2CCCC2)CC1. The first-order chi connectivity index (χ1) is 19.3. The Hall–Kier alpha value is -2.78. The van der Waals surface area contributed by atoms with Crippen LogP contribution in [0, 0.1) is 5.92 Å². The molecule has 0 radical (unpaired) electrons. The van der Waals surface area contributed by atoms with E-state index in [1.165, 1.54) is 44.5 Å². The molecule has 0 unspecified atom stereocenters. The number of sulfonamides is 1. The molecule has 10 heteroatoms. The van der Waals surface area contributed by atoms with Crippen LogP contribution in [0.15, 0.2) is 71.6 Å². The monoisotopic (exact) mass is 601 g/mol. The number of nitrogens with zero attached hydrogens (tertiary/aromatic N) is 2. The average molecular weight is 603 g/mol. The quantitative estimate of drug-likeness (QED) is 0.288. The number of carbonyl (C=O) groups is 1. The van der Waals surface area contributed by atoms with Gasteiger partial charge in [-0.2, -0.15) is 0 Å². The van der Waals surface area contributed by atoms with Crippen molar-refractivity contribution in [3.63, 3.8) is 0 Å². The lowest BCUT2D eigenvalue weighted by Gasteiger charge is -2.33. The second kappa shape index (κ2) is 12.8. The zero-order valence-corrected chi connectivity index (χ0v) is 24.5. The van der Waals surface area contributed by atoms with E-state index in [4.69, 9.17) is 27.9 Å². The van der Waals surface area contributed by atoms with Crippen LogP contribution in [-0.2, 0) is 10.0 Å². The zero-order chi connectivity index (χ0) is 28.1. The molecular weight excluding hydrogens is 569 g/mol. The lowest BCUT2D eigenvalue weighted by Crippen LogP contribution is -2.39. The van der Waals surface area contributed by atoms with Crippen molar-refractivity contribution in [2.45, 2.75) is 37.0 Å². The van der Waals surface area contributed by atoms with Crippen LogP contribution in [0.4, 0.5) is 5.69 Å². The molecule has 0 aromatic heterocycles. The summed E-state index contributed by atoms with van der Waals surface area (Å²) in [6, 6.07) is 17.6. The van der Waals surface area contributed by atoms with Crippen LogP contribution in [-0.4, -0.2) is 56.8 Å². The first-order valence-electron chi connectivity index (χ1n) is 13.6. The average Bonchev–Trinajstić information content (AvgIpc) is 3.49. The van der Waals surface area contributed by atoms with Crippen LogP contribution in [0.1, 0.15) is 42.5 Å². The summed E-state index contributed by atoms with van der Waals surface area (Å²) >= 11 is 12.1. The molecule has 3 aromatic rings. The summed E-state index contributed by atoms with van der Waals surface area (Å²) in [4.78, 5) is 17.6. The van der Waals surface area contributed by atoms with E-state index in [1.54, 1.807) is 54.6 Å². The molecule has 0 saturated carbocycles. The summed E-state index contributed by atoms with van der Waals surface area (Å²) in [5.41, 5.74) is 0.749. The van der Waals surface area contributed by atoms with E-state index in [-0.39, 0.29) is 16.5 Å². The molecule has 2 heterocycles. The van der Waals surface area contributed by atoms with E-state index >= 15 is 0 Å². The summed E-state index contributed by atoms with van der Waals surface area (Å²) in [6.07, 6.45) is 5.85. The molecule has 7 nitrogen and oxygen atoms in total. The van der Waals surface area contributed by atoms with E-state index in [0.717, 1.165) is 32.5 Å². The van der Waals surface area contributed by atoms with Crippen molar-refractivity contribution in [1.29, 1.82) is 0 Å². The van der Waals surface area contributed by atoms with Gasteiger partial charge in [-0.15, -0.1) is 0 Å². The molecule has 3 aromatic carbocycles. The molecule has 0 aliphatic carbocycles. The Morgan fingerprint density at radius 2 is 1.60 bits per heavy atom. The van der Waals surface area contributed by atoms with Gasteiger partial charge in [0, 0.05) is 24.7 Å². The maximum Gasteiger partial charge on any atom is 0.262 e. The molecule has 0 bridgehead atoms. The number of hydrogen-bond acceptors (Lipinski definition) is 5. The minimum atomic E-state index is -3.94. The number of amides is 1. The first-order valence-corrected chi connectivity index (χ1v) is 15.9. The van der Waals surface area contributed by atoms with Gasteiger partial charge in [-0.1, -0.05) is 35.3 Å². The molecule has 212 valence electrons. The Bertz CT molecular complexity index is 1440. The Morgan fingerprint density at radius 1 is 0.900 bits per heavy atom. The predicted octanol–water partition coefficient (Wildman–Crippen LogP) is 6.92. The molecule has 0 atom stereocenters. The van der Waals surface area contributed by atoms with Gasteiger partial charge in [0.25, 0.3) is 15.9 Å². The number of benzene rings is 3. The van der Waals surface area contributed by atoms with Crippen LogP contribution in [0.3, 0.4) is 0 Å². The third-order valence-electron chi connectivity index (χ3n) is 7.62. The molecular formula is C30H33Cl2N3O4S. The van der Waals surface area contributed by atoms with Crippen LogP contribution in [0.25, 0.3) is 0 Å². The Morgan fingerprint density at radius 3 is 2.30 bits per heavy atom. The summed E-state index contributed by atoms with van der Waals surface area (Å²) in [6.45, 7) is 5.07. The maximum absolute atomic E-state index is 13.2.